The van der Waals surface area contributed by atoms with Crippen molar-refractivity contribution in [2.75, 3.05) is 13.1 Å². The minimum atomic E-state index is -0.181. The van der Waals surface area contributed by atoms with Crippen LogP contribution in [0.25, 0.3) is 0 Å². The number of hydrogen-bond acceptors (Lipinski definition) is 3. The quantitative estimate of drug-likeness (QED) is 0.869. The highest BCUT2D eigenvalue weighted by atomic mass is 16.3. The van der Waals surface area contributed by atoms with Gasteiger partial charge in [0.1, 0.15) is 0 Å². The average molecular weight is 237 g/mol. The predicted octanol–water partition coefficient (Wildman–Crippen LogP) is 1.67. The Balaban J connectivity index is 1.99. The molecule has 96 valence electrons. The van der Waals surface area contributed by atoms with Gasteiger partial charge in [0.05, 0.1) is 18.1 Å². The maximum absolute atomic E-state index is 9.89. The minimum absolute atomic E-state index is 0.181. The fourth-order valence-corrected chi connectivity index (χ4v) is 2.41. The van der Waals surface area contributed by atoms with Gasteiger partial charge in [-0.05, 0) is 32.7 Å². The summed E-state index contributed by atoms with van der Waals surface area (Å²) in [6.07, 6.45) is 4.73. The van der Waals surface area contributed by atoms with E-state index in [2.05, 4.69) is 35.2 Å². The average Bonchev–Trinajstić information content (AvgIpc) is 2.72. The van der Waals surface area contributed by atoms with Crippen molar-refractivity contribution in [1.82, 2.24) is 14.5 Å². The lowest BCUT2D eigenvalue weighted by Gasteiger charge is -2.34. The van der Waals surface area contributed by atoms with E-state index < -0.39 is 0 Å². The summed E-state index contributed by atoms with van der Waals surface area (Å²) in [6.45, 7) is 9.20. The Morgan fingerprint density at radius 1 is 1.53 bits per heavy atom. The Morgan fingerprint density at radius 2 is 2.29 bits per heavy atom. The van der Waals surface area contributed by atoms with Crippen molar-refractivity contribution in [3.63, 3.8) is 0 Å². The summed E-state index contributed by atoms with van der Waals surface area (Å²) >= 11 is 0. The lowest BCUT2D eigenvalue weighted by Crippen LogP contribution is -2.42. The molecule has 4 heteroatoms. The molecular weight excluding hydrogens is 214 g/mol. The number of nitrogens with zero attached hydrogens (tertiary/aromatic N) is 3. The summed E-state index contributed by atoms with van der Waals surface area (Å²) in [7, 11) is 0. The van der Waals surface area contributed by atoms with Crippen LogP contribution in [0.15, 0.2) is 12.5 Å². The third-order valence-electron chi connectivity index (χ3n) is 3.69. The molecule has 2 rings (SSSR count). The number of rotatable bonds is 3. The van der Waals surface area contributed by atoms with E-state index in [0.29, 0.717) is 12.0 Å². The van der Waals surface area contributed by atoms with E-state index in [1.54, 1.807) is 0 Å². The first kappa shape index (κ1) is 12.6. The lowest BCUT2D eigenvalue weighted by molar-refractivity contribution is 0.0249. The predicted molar refractivity (Wildman–Crippen MR) is 67.7 cm³/mol. The van der Waals surface area contributed by atoms with Gasteiger partial charge in [-0.2, -0.15) is 0 Å². The molecule has 0 aliphatic carbocycles. The second-order valence-electron chi connectivity index (χ2n) is 5.45. The van der Waals surface area contributed by atoms with Gasteiger partial charge >= 0.3 is 0 Å². The number of piperidine rings is 1. The fourth-order valence-electron chi connectivity index (χ4n) is 2.41. The zero-order valence-electron chi connectivity index (χ0n) is 11.0. The van der Waals surface area contributed by atoms with Crippen LogP contribution in [-0.2, 0) is 6.54 Å². The van der Waals surface area contributed by atoms with Gasteiger partial charge in [-0.1, -0.05) is 6.92 Å². The Labute approximate surface area is 103 Å². The van der Waals surface area contributed by atoms with Crippen LogP contribution in [0.3, 0.4) is 0 Å². The van der Waals surface area contributed by atoms with Crippen molar-refractivity contribution >= 4 is 0 Å². The SMILES string of the molecule is CC1CCN(Cc2cncn2C(C)C)CC1O. The molecule has 0 amide bonds. The van der Waals surface area contributed by atoms with Gasteiger partial charge in [0.15, 0.2) is 0 Å². The van der Waals surface area contributed by atoms with Gasteiger partial charge < -0.3 is 9.67 Å². The van der Waals surface area contributed by atoms with E-state index in [1.807, 2.05) is 12.5 Å². The first-order valence-electron chi connectivity index (χ1n) is 6.49. The molecule has 0 saturated carbocycles. The summed E-state index contributed by atoms with van der Waals surface area (Å²) in [5, 5.41) is 9.89. The van der Waals surface area contributed by atoms with Crippen molar-refractivity contribution in [2.24, 2.45) is 5.92 Å². The molecule has 17 heavy (non-hydrogen) atoms. The van der Waals surface area contributed by atoms with Crippen molar-refractivity contribution < 1.29 is 5.11 Å². The maximum atomic E-state index is 9.89. The molecule has 1 fully saturated rings. The molecular formula is C13H23N3O. The van der Waals surface area contributed by atoms with E-state index in [0.717, 1.165) is 26.1 Å². The summed E-state index contributed by atoms with van der Waals surface area (Å²) in [5.74, 6) is 0.432. The molecule has 0 radical (unpaired) electrons. The van der Waals surface area contributed by atoms with Crippen LogP contribution in [0.5, 0.6) is 0 Å². The molecule has 0 aromatic carbocycles. The molecule has 4 nitrogen and oxygen atoms in total. The summed E-state index contributed by atoms with van der Waals surface area (Å²) in [4.78, 5) is 6.54. The zero-order valence-corrected chi connectivity index (χ0v) is 11.0. The lowest BCUT2D eigenvalue weighted by atomic mass is 9.96. The van der Waals surface area contributed by atoms with Crippen LogP contribution >= 0.6 is 0 Å². The van der Waals surface area contributed by atoms with Crippen molar-refractivity contribution in [3.05, 3.63) is 18.2 Å². The molecule has 1 saturated heterocycles. The van der Waals surface area contributed by atoms with Crippen LogP contribution in [0.4, 0.5) is 0 Å². The van der Waals surface area contributed by atoms with Crippen LogP contribution in [0.1, 0.15) is 38.9 Å². The summed E-state index contributed by atoms with van der Waals surface area (Å²) in [5.41, 5.74) is 1.24. The summed E-state index contributed by atoms with van der Waals surface area (Å²) < 4.78 is 2.20. The van der Waals surface area contributed by atoms with Crippen LogP contribution < -0.4 is 0 Å². The van der Waals surface area contributed by atoms with Gasteiger partial charge in [-0.3, -0.25) is 4.90 Å². The molecule has 0 spiro atoms. The normalized spacial score (nSPS) is 26.6. The standard InChI is InChI=1S/C13H23N3O/c1-10(2)16-9-14-6-12(16)7-15-5-4-11(3)13(17)8-15/h6,9-11,13,17H,4-5,7-8H2,1-3H3. The second-order valence-corrected chi connectivity index (χ2v) is 5.45. The highest BCUT2D eigenvalue weighted by Gasteiger charge is 2.24. The molecule has 1 aromatic rings. The molecule has 0 bridgehead atoms. The second kappa shape index (κ2) is 5.19. The smallest absolute Gasteiger partial charge is 0.0951 e. The number of aliphatic hydroxyl groups is 1. The number of aromatic nitrogens is 2. The van der Waals surface area contributed by atoms with Crippen molar-refractivity contribution in [1.29, 1.82) is 0 Å². The molecule has 2 atom stereocenters. The fraction of sp³-hybridized carbons (Fsp3) is 0.769. The van der Waals surface area contributed by atoms with Gasteiger partial charge in [-0.15, -0.1) is 0 Å². The minimum Gasteiger partial charge on any atom is -0.392 e. The van der Waals surface area contributed by atoms with Crippen LogP contribution in [-0.4, -0.2) is 38.8 Å². The first-order valence-corrected chi connectivity index (χ1v) is 6.49. The molecule has 2 unspecified atom stereocenters. The number of imidazole rings is 1. The molecule has 1 aromatic heterocycles. The Hall–Kier alpha value is -0.870. The maximum Gasteiger partial charge on any atom is 0.0951 e. The van der Waals surface area contributed by atoms with Crippen LogP contribution in [0, 0.1) is 5.92 Å². The van der Waals surface area contributed by atoms with E-state index in [9.17, 15) is 5.11 Å². The monoisotopic (exact) mass is 237 g/mol. The summed E-state index contributed by atoms with van der Waals surface area (Å²) in [6, 6.07) is 0.445. The van der Waals surface area contributed by atoms with Gasteiger partial charge in [0.25, 0.3) is 0 Å². The van der Waals surface area contributed by atoms with Gasteiger partial charge in [-0.25, -0.2) is 4.98 Å². The Kier molecular flexibility index (Phi) is 3.84. The number of likely N-dealkylation sites (tertiary alicyclic amines) is 1. The van der Waals surface area contributed by atoms with Crippen molar-refractivity contribution in [3.8, 4) is 0 Å². The molecule has 2 heterocycles. The van der Waals surface area contributed by atoms with Crippen LogP contribution in [0.2, 0.25) is 0 Å². The third kappa shape index (κ3) is 2.87. The third-order valence-corrected chi connectivity index (χ3v) is 3.69. The zero-order chi connectivity index (χ0) is 12.4. The van der Waals surface area contributed by atoms with Crippen molar-refractivity contribution in [2.45, 2.75) is 45.9 Å². The largest absolute Gasteiger partial charge is 0.392 e. The van der Waals surface area contributed by atoms with E-state index in [4.69, 9.17) is 0 Å². The number of hydrogen-bond donors (Lipinski definition) is 1. The van der Waals surface area contributed by atoms with Gasteiger partial charge in [0.2, 0.25) is 0 Å². The number of aliphatic hydroxyl groups excluding tert-OH is 1. The van der Waals surface area contributed by atoms with E-state index in [-0.39, 0.29) is 6.10 Å². The number of β-amino-alcohol motifs (C(OH)–C–C–N with tert-alkyl or cyclic N) is 1. The molecule has 1 N–H and O–H groups in total. The van der Waals surface area contributed by atoms with Gasteiger partial charge in [0, 0.05) is 25.3 Å². The Bertz CT molecular complexity index is 361. The Morgan fingerprint density at radius 3 is 2.94 bits per heavy atom. The van der Waals surface area contributed by atoms with E-state index >= 15 is 0 Å². The highest BCUT2D eigenvalue weighted by Crippen LogP contribution is 2.19. The molecule has 1 aliphatic rings. The topological polar surface area (TPSA) is 41.3 Å². The molecule has 1 aliphatic heterocycles. The highest BCUT2D eigenvalue weighted by molar-refractivity contribution is 5.00. The first-order chi connectivity index (χ1) is 8.08. The van der Waals surface area contributed by atoms with E-state index in [1.165, 1.54) is 5.69 Å².